The van der Waals surface area contributed by atoms with Crippen molar-refractivity contribution >= 4 is 11.8 Å². The van der Waals surface area contributed by atoms with Gasteiger partial charge in [0.2, 0.25) is 11.8 Å². The lowest BCUT2D eigenvalue weighted by Crippen LogP contribution is -2.47. The molecule has 2 atom stereocenters. The first kappa shape index (κ1) is 14.8. The molecule has 21 heavy (non-hydrogen) atoms. The number of carbonyl (C=O) groups is 2. The molecule has 3 aliphatic rings. The van der Waals surface area contributed by atoms with Gasteiger partial charge in [-0.3, -0.25) is 9.59 Å². The minimum Gasteiger partial charge on any atom is -0.375 e. The van der Waals surface area contributed by atoms with Gasteiger partial charge in [0.05, 0.1) is 18.6 Å². The molecule has 0 N–H and O–H groups in total. The zero-order valence-corrected chi connectivity index (χ0v) is 12.9. The van der Waals surface area contributed by atoms with Gasteiger partial charge in [-0.15, -0.1) is 0 Å². The SMILES string of the molecule is CC1CN(C(=O)C2CC(=O)N(C3CCCCC3)C2)CCO1. The molecule has 0 aromatic heterocycles. The lowest BCUT2D eigenvalue weighted by atomic mass is 9.94. The molecule has 0 radical (unpaired) electrons. The molecule has 0 bridgehead atoms. The molecule has 2 unspecified atom stereocenters. The van der Waals surface area contributed by atoms with E-state index in [1.165, 1.54) is 19.3 Å². The number of morpholine rings is 1. The Bertz CT molecular complexity index is 406. The number of carbonyl (C=O) groups excluding carboxylic acids is 2. The quantitative estimate of drug-likeness (QED) is 0.774. The van der Waals surface area contributed by atoms with Gasteiger partial charge in [0.1, 0.15) is 0 Å². The largest absolute Gasteiger partial charge is 0.375 e. The fourth-order valence-corrected chi connectivity index (χ4v) is 3.92. The molecule has 0 spiro atoms. The van der Waals surface area contributed by atoms with Crippen molar-refractivity contribution in [3.05, 3.63) is 0 Å². The lowest BCUT2D eigenvalue weighted by Gasteiger charge is -2.34. The molecule has 118 valence electrons. The van der Waals surface area contributed by atoms with Crippen LogP contribution in [0.5, 0.6) is 0 Å². The number of rotatable bonds is 2. The van der Waals surface area contributed by atoms with E-state index < -0.39 is 0 Å². The molecule has 5 nitrogen and oxygen atoms in total. The van der Waals surface area contributed by atoms with Crippen molar-refractivity contribution in [2.24, 2.45) is 5.92 Å². The van der Waals surface area contributed by atoms with Gasteiger partial charge in [-0.25, -0.2) is 0 Å². The monoisotopic (exact) mass is 294 g/mol. The summed E-state index contributed by atoms with van der Waals surface area (Å²) in [6, 6.07) is 0.382. The normalized spacial score (nSPS) is 31.8. The van der Waals surface area contributed by atoms with Gasteiger partial charge >= 0.3 is 0 Å². The molecule has 5 heteroatoms. The average Bonchev–Trinajstić information content (AvgIpc) is 2.89. The van der Waals surface area contributed by atoms with Crippen LogP contribution in [0.4, 0.5) is 0 Å². The van der Waals surface area contributed by atoms with E-state index in [9.17, 15) is 9.59 Å². The highest BCUT2D eigenvalue weighted by Crippen LogP contribution is 2.29. The number of hydrogen-bond donors (Lipinski definition) is 0. The minimum absolute atomic E-state index is 0.106. The molecular weight excluding hydrogens is 268 g/mol. The Morgan fingerprint density at radius 3 is 2.67 bits per heavy atom. The van der Waals surface area contributed by atoms with E-state index in [2.05, 4.69) is 0 Å². The van der Waals surface area contributed by atoms with Crippen molar-refractivity contribution in [2.75, 3.05) is 26.2 Å². The highest BCUT2D eigenvalue weighted by atomic mass is 16.5. The molecule has 3 fully saturated rings. The summed E-state index contributed by atoms with van der Waals surface area (Å²) < 4.78 is 5.49. The van der Waals surface area contributed by atoms with E-state index in [4.69, 9.17) is 4.74 Å². The van der Waals surface area contributed by atoms with E-state index >= 15 is 0 Å². The van der Waals surface area contributed by atoms with Crippen molar-refractivity contribution in [2.45, 2.75) is 57.6 Å². The molecule has 3 rings (SSSR count). The predicted molar refractivity (Wildman–Crippen MR) is 78.7 cm³/mol. The maximum atomic E-state index is 12.6. The summed E-state index contributed by atoms with van der Waals surface area (Å²) in [4.78, 5) is 28.8. The smallest absolute Gasteiger partial charge is 0.228 e. The van der Waals surface area contributed by atoms with Crippen LogP contribution in [0.3, 0.4) is 0 Å². The van der Waals surface area contributed by atoms with Crippen LogP contribution in [0.25, 0.3) is 0 Å². The summed E-state index contributed by atoms with van der Waals surface area (Å²) in [5, 5.41) is 0. The van der Waals surface area contributed by atoms with Gasteiger partial charge in [0, 0.05) is 32.1 Å². The third kappa shape index (κ3) is 3.23. The van der Waals surface area contributed by atoms with E-state index in [-0.39, 0.29) is 23.8 Å². The topological polar surface area (TPSA) is 49.9 Å². The molecule has 1 aliphatic carbocycles. The Morgan fingerprint density at radius 2 is 1.95 bits per heavy atom. The Kier molecular flexibility index (Phi) is 4.48. The third-order valence-corrected chi connectivity index (χ3v) is 5.08. The van der Waals surface area contributed by atoms with Crippen LogP contribution >= 0.6 is 0 Å². The van der Waals surface area contributed by atoms with Gasteiger partial charge in [-0.05, 0) is 19.8 Å². The molecule has 2 heterocycles. The van der Waals surface area contributed by atoms with Crippen molar-refractivity contribution in [3.63, 3.8) is 0 Å². The molecule has 0 aromatic carbocycles. The highest BCUT2D eigenvalue weighted by molar-refractivity contribution is 5.89. The van der Waals surface area contributed by atoms with Crippen LogP contribution in [0, 0.1) is 5.92 Å². The van der Waals surface area contributed by atoms with Crippen LogP contribution in [0.15, 0.2) is 0 Å². The summed E-state index contributed by atoms with van der Waals surface area (Å²) in [6.45, 7) is 4.56. The minimum atomic E-state index is -0.135. The average molecular weight is 294 g/mol. The fraction of sp³-hybridized carbons (Fsp3) is 0.875. The first-order chi connectivity index (χ1) is 10.1. The van der Waals surface area contributed by atoms with Crippen molar-refractivity contribution in [1.82, 2.24) is 9.80 Å². The standard InChI is InChI=1S/C16H26N2O3/c1-12-10-17(7-8-21-12)16(20)13-9-15(19)18(11-13)14-5-3-2-4-6-14/h12-14H,2-11H2,1H3. The summed E-state index contributed by atoms with van der Waals surface area (Å²) in [7, 11) is 0. The van der Waals surface area contributed by atoms with Gasteiger partial charge in [0.15, 0.2) is 0 Å². The van der Waals surface area contributed by atoms with Crippen molar-refractivity contribution in [1.29, 1.82) is 0 Å². The molecule has 2 saturated heterocycles. The predicted octanol–water partition coefficient (Wildman–Crippen LogP) is 1.41. The van der Waals surface area contributed by atoms with Gasteiger partial charge in [0.25, 0.3) is 0 Å². The maximum Gasteiger partial charge on any atom is 0.228 e. The Labute approximate surface area is 126 Å². The van der Waals surface area contributed by atoms with E-state index in [0.29, 0.717) is 38.7 Å². The van der Waals surface area contributed by atoms with Crippen molar-refractivity contribution in [3.8, 4) is 0 Å². The summed E-state index contributed by atoms with van der Waals surface area (Å²) >= 11 is 0. The number of nitrogens with zero attached hydrogens (tertiary/aromatic N) is 2. The zero-order chi connectivity index (χ0) is 14.8. The third-order valence-electron chi connectivity index (χ3n) is 5.08. The second-order valence-corrected chi connectivity index (χ2v) is 6.70. The summed E-state index contributed by atoms with van der Waals surface area (Å²) in [5.41, 5.74) is 0. The molecule has 1 saturated carbocycles. The van der Waals surface area contributed by atoms with E-state index in [0.717, 1.165) is 12.8 Å². The van der Waals surface area contributed by atoms with E-state index in [1.807, 2.05) is 16.7 Å². The summed E-state index contributed by atoms with van der Waals surface area (Å²) in [6.07, 6.45) is 6.45. The van der Waals surface area contributed by atoms with Crippen LogP contribution in [0.1, 0.15) is 45.4 Å². The highest BCUT2D eigenvalue weighted by Gasteiger charge is 2.40. The second-order valence-electron chi connectivity index (χ2n) is 6.70. The fourth-order valence-electron chi connectivity index (χ4n) is 3.92. The lowest BCUT2D eigenvalue weighted by molar-refractivity contribution is -0.142. The van der Waals surface area contributed by atoms with Gasteiger partial charge in [-0.2, -0.15) is 0 Å². The number of hydrogen-bond acceptors (Lipinski definition) is 3. The maximum absolute atomic E-state index is 12.6. The van der Waals surface area contributed by atoms with Crippen molar-refractivity contribution < 1.29 is 14.3 Å². The Balaban J connectivity index is 1.59. The molecule has 2 amide bonds. The first-order valence-corrected chi connectivity index (χ1v) is 8.35. The summed E-state index contributed by atoms with van der Waals surface area (Å²) in [5.74, 6) is 0.197. The van der Waals surface area contributed by atoms with E-state index in [1.54, 1.807) is 0 Å². The zero-order valence-electron chi connectivity index (χ0n) is 12.9. The number of ether oxygens (including phenoxy) is 1. The molecule has 2 aliphatic heterocycles. The van der Waals surface area contributed by atoms with Gasteiger partial charge < -0.3 is 14.5 Å². The number of likely N-dealkylation sites (tertiary alicyclic amines) is 1. The first-order valence-electron chi connectivity index (χ1n) is 8.35. The van der Waals surface area contributed by atoms with Crippen LogP contribution in [-0.2, 0) is 14.3 Å². The van der Waals surface area contributed by atoms with Crippen LogP contribution in [-0.4, -0.2) is 60.0 Å². The molecular formula is C16H26N2O3. The van der Waals surface area contributed by atoms with Crippen LogP contribution in [0.2, 0.25) is 0 Å². The van der Waals surface area contributed by atoms with Crippen LogP contribution < -0.4 is 0 Å². The second kappa shape index (κ2) is 6.34. The Hall–Kier alpha value is -1.10. The molecule has 0 aromatic rings. The number of amides is 2. The van der Waals surface area contributed by atoms with Gasteiger partial charge in [-0.1, -0.05) is 19.3 Å². The Morgan fingerprint density at radius 1 is 1.19 bits per heavy atom.